The van der Waals surface area contributed by atoms with Gasteiger partial charge in [0.2, 0.25) is 0 Å². The summed E-state index contributed by atoms with van der Waals surface area (Å²) in [4.78, 5) is 12.0. The van der Waals surface area contributed by atoms with Crippen molar-refractivity contribution < 1.29 is 9.53 Å². The van der Waals surface area contributed by atoms with Crippen molar-refractivity contribution in [3.8, 4) is 11.4 Å². The third kappa shape index (κ3) is 4.97. The minimum Gasteiger partial charge on any atom is -0.494 e. The van der Waals surface area contributed by atoms with Gasteiger partial charge in [-0.05, 0) is 50.7 Å². The van der Waals surface area contributed by atoms with Crippen LogP contribution in [0.1, 0.15) is 22.5 Å². The van der Waals surface area contributed by atoms with Crippen LogP contribution in [0.2, 0.25) is 0 Å². The van der Waals surface area contributed by atoms with E-state index in [-0.39, 0.29) is 18.3 Å². The predicted molar refractivity (Wildman–Crippen MR) is 93.0 cm³/mol. The molecular weight excluding hydrogens is 316 g/mol. The first-order valence-electron chi connectivity index (χ1n) is 7.29. The van der Waals surface area contributed by atoms with E-state index in [1.54, 1.807) is 24.1 Å². The van der Waals surface area contributed by atoms with Crippen molar-refractivity contribution in [1.29, 1.82) is 0 Å². The van der Waals surface area contributed by atoms with Crippen molar-refractivity contribution in [3.05, 3.63) is 41.7 Å². The zero-order chi connectivity index (χ0) is 15.9. The highest BCUT2D eigenvalue weighted by Crippen LogP contribution is 2.23. The molecule has 0 aliphatic heterocycles. The number of carbonyl (C=O) groups is 1. The van der Waals surface area contributed by atoms with Gasteiger partial charge >= 0.3 is 0 Å². The van der Waals surface area contributed by atoms with Crippen molar-refractivity contribution in [2.24, 2.45) is 0 Å². The molecule has 0 fully saturated rings. The van der Waals surface area contributed by atoms with Gasteiger partial charge in [0.1, 0.15) is 11.4 Å². The number of hydrogen-bond donors (Lipinski definition) is 2. The normalized spacial score (nSPS) is 10.0. The molecule has 0 unspecified atom stereocenters. The van der Waals surface area contributed by atoms with Gasteiger partial charge in [-0.2, -0.15) is 5.10 Å². The van der Waals surface area contributed by atoms with Gasteiger partial charge in [-0.15, -0.1) is 12.4 Å². The highest BCUT2D eigenvalue weighted by Gasteiger charge is 2.12. The lowest BCUT2D eigenvalue weighted by molar-refractivity contribution is 0.0948. The average molecular weight is 339 g/mol. The van der Waals surface area contributed by atoms with E-state index in [0.29, 0.717) is 12.2 Å². The van der Waals surface area contributed by atoms with Gasteiger partial charge in [0.05, 0.1) is 7.11 Å². The van der Waals surface area contributed by atoms with Gasteiger partial charge in [0, 0.05) is 12.7 Å². The molecule has 0 bridgehead atoms. The molecule has 0 aliphatic carbocycles. The van der Waals surface area contributed by atoms with E-state index in [9.17, 15) is 4.79 Å². The number of benzene rings is 1. The van der Waals surface area contributed by atoms with Crippen molar-refractivity contribution in [2.45, 2.75) is 13.3 Å². The van der Waals surface area contributed by atoms with E-state index in [4.69, 9.17) is 4.74 Å². The Bertz CT molecular complexity index is 643. The van der Waals surface area contributed by atoms with Gasteiger partial charge < -0.3 is 15.4 Å². The van der Waals surface area contributed by atoms with Gasteiger partial charge in [-0.3, -0.25) is 4.79 Å². The van der Waals surface area contributed by atoms with Crippen molar-refractivity contribution >= 4 is 18.3 Å². The summed E-state index contributed by atoms with van der Waals surface area (Å²) in [7, 11) is 3.51. The van der Waals surface area contributed by atoms with Crippen molar-refractivity contribution in [1.82, 2.24) is 20.4 Å². The molecule has 0 aliphatic rings. The summed E-state index contributed by atoms with van der Waals surface area (Å²) < 4.78 is 7.01. The van der Waals surface area contributed by atoms with Gasteiger partial charge in [-0.1, -0.05) is 6.07 Å². The summed E-state index contributed by atoms with van der Waals surface area (Å²) in [5, 5.41) is 10.2. The fourth-order valence-corrected chi connectivity index (χ4v) is 2.12. The Kier molecular flexibility index (Phi) is 7.57. The van der Waals surface area contributed by atoms with Crippen LogP contribution < -0.4 is 15.4 Å². The summed E-state index contributed by atoms with van der Waals surface area (Å²) >= 11 is 0. The molecule has 1 heterocycles. The first kappa shape index (κ1) is 19.0. The van der Waals surface area contributed by atoms with E-state index >= 15 is 0 Å². The van der Waals surface area contributed by atoms with E-state index in [0.717, 1.165) is 30.0 Å². The number of ether oxygens (including phenoxy) is 1. The molecular formula is C16H23ClN4O2. The summed E-state index contributed by atoms with van der Waals surface area (Å²) in [6.45, 7) is 3.50. The molecule has 2 N–H and O–H groups in total. The Morgan fingerprint density at radius 3 is 2.78 bits per heavy atom. The molecule has 0 saturated heterocycles. The lowest BCUT2D eigenvalue weighted by Crippen LogP contribution is -2.27. The molecule has 2 rings (SSSR count). The van der Waals surface area contributed by atoms with Crippen LogP contribution in [0.5, 0.6) is 5.75 Å². The molecule has 0 saturated carbocycles. The number of aromatic nitrogens is 2. The fourth-order valence-electron chi connectivity index (χ4n) is 2.12. The number of rotatable bonds is 7. The predicted octanol–water partition coefficient (Wildman–Crippen LogP) is 1.95. The van der Waals surface area contributed by atoms with Crippen LogP contribution in [-0.2, 0) is 0 Å². The van der Waals surface area contributed by atoms with E-state index in [2.05, 4.69) is 15.7 Å². The van der Waals surface area contributed by atoms with Crippen LogP contribution in [0.4, 0.5) is 0 Å². The third-order valence-electron chi connectivity index (χ3n) is 3.29. The molecule has 2 aromatic rings. The number of aryl methyl sites for hydroxylation is 1. The molecule has 7 heteroatoms. The summed E-state index contributed by atoms with van der Waals surface area (Å²) in [5.74, 6) is 0.552. The number of nitrogens with zero attached hydrogens (tertiary/aromatic N) is 2. The number of halogens is 1. The van der Waals surface area contributed by atoms with Crippen LogP contribution in [0.25, 0.3) is 5.69 Å². The Morgan fingerprint density at radius 1 is 1.30 bits per heavy atom. The van der Waals surface area contributed by atoms with Crippen LogP contribution in [0.15, 0.2) is 30.5 Å². The quantitative estimate of drug-likeness (QED) is 0.757. The van der Waals surface area contributed by atoms with Crippen LogP contribution in [-0.4, -0.2) is 42.9 Å². The van der Waals surface area contributed by atoms with E-state index < -0.39 is 0 Å². The van der Waals surface area contributed by atoms with Gasteiger partial charge in [0.25, 0.3) is 5.91 Å². The smallest absolute Gasteiger partial charge is 0.271 e. The molecule has 1 aromatic heterocycles. The number of amides is 1. The Hall–Kier alpha value is -2.05. The molecule has 6 nitrogen and oxygen atoms in total. The standard InChI is InChI=1S/C16H22N4O2.ClH/c1-12-5-6-15(22-3)14(11-12)20-10-7-13(19-20)16(21)18-9-4-8-17-2;/h5-7,10-11,17H,4,8-9H2,1-3H3,(H,18,21);1H. The summed E-state index contributed by atoms with van der Waals surface area (Å²) in [6, 6.07) is 7.54. The SMILES string of the molecule is CNCCCNC(=O)c1ccn(-c2cc(C)ccc2OC)n1.Cl. The summed E-state index contributed by atoms with van der Waals surface area (Å²) in [5.41, 5.74) is 2.31. The minimum absolute atomic E-state index is 0. The zero-order valence-corrected chi connectivity index (χ0v) is 14.4. The Morgan fingerprint density at radius 2 is 2.09 bits per heavy atom. The van der Waals surface area contributed by atoms with Crippen LogP contribution in [0.3, 0.4) is 0 Å². The maximum absolute atomic E-state index is 12.0. The zero-order valence-electron chi connectivity index (χ0n) is 13.6. The maximum Gasteiger partial charge on any atom is 0.271 e. The lowest BCUT2D eigenvalue weighted by atomic mass is 10.2. The Balaban J connectivity index is 0.00000264. The second-order valence-electron chi connectivity index (χ2n) is 5.03. The first-order valence-corrected chi connectivity index (χ1v) is 7.29. The fraction of sp³-hybridized carbons (Fsp3) is 0.375. The van der Waals surface area contributed by atoms with Crippen LogP contribution >= 0.6 is 12.4 Å². The molecule has 126 valence electrons. The number of nitrogens with one attached hydrogen (secondary N) is 2. The van der Waals surface area contributed by atoms with Crippen LogP contribution in [0, 0.1) is 6.92 Å². The molecule has 0 radical (unpaired) electrons. The van der Waals surface area contributed by atoms with Crippen molar-refractivity contribution in [3.63, 3.8) is 0 Å². The lowest BCUT2D eigenvalue weighted by Gasteiger charge is -2.09. The maximum atomic E-state index is 12.0. The molecule has 1 aromatic carbocycles. The third-order valence-corrected chi connectivity index (χ3v) is 3.29. The first-order chi connectivity index (χ1) is 10.7. The average Bonchev–Trinajstić information content (AvgIpc) is 3.01. The minimum atomic E-state index is -0.165. The molecule has 0 atom stereocenters. The van der Waals surface area contributed by atoms with E-state index in [1.165, 1.54) is 0 Å². The molecule has 1 amide bonds. The number of hydrogen-bond acceptors (Lipinski definition) is 4. The summed E-state index contributed by atoms with van der Waals surface area (Å²) in [6.07, 6.45) is 2.65. The highest BCUT2D eigenvalue weighted by atomic mass is 35.5. The largest absolute Gasteiger partial charge is 0.494 e. The monoisotopic (exact) mass is 338 g/mol. The second kappa shape index (κ2) is 9.17. The molecule has 0 spiro atoms. The number of methoxy groups -OCH3 is 1. The highest BCUT2D eigenvalue weighted by molar-refractivity contribution is 5.92. The van der Waals surface area contributed by atoms with E-state index in [1.807, 2.05) is 32.2 Å². The van der Waals surface area contributed by atoms with Crippen molar-refractivity contribution in [2.75, 3.05) is 27.2 Å². The Labute approximate surface area is 142 Å². The second-order valence-corrected chi connectivity index (χ2v) is 5.03. The number of carbonyl (C=O) groups excluding carboxylic acids is 1. The topological polar surface area (TPSA) is 68.2 Å². The molecule has 23 heavy (non-hydrogen) atoms. The van der Waals surface area contributed by atoms with Gasteiger partial charge in [0.15, 0.2) is 5.69 Å². The van der Waals surface area contributed by atoms with Gasteiger partial charge in [-0.25, -0.2) is 4.68 Å².